The maximum absolute atomic E-state index is 2.44. The van der Waals surface area contributed by atoms with Crippen molar-refractivity contribution in [2.24, 2.45) is 11.8 Å². The van der Waals surface area contributed by atoms with Crippen molar-refractivity contribution in [3.05, 3.63) is 52.6 Å². The van der Waals surface area contributed by atoms with Gasteiger partial charge < -0.3 is 0 Å². The molecule has 80 valence electrons. The van der Waals surface area contributed by atoms with Crippen LogP contribution in [0.15, 0.2) is 35.9 Å². The Kier molecular flexibility index (Phi) is 1.71. The summed E-state index contributed by atoms with van der Waals surface area (Å²) >= 11 is 0. The van der Waals surface area contributed by atoms with Gasteiger partial charge >= 0.3 is 0 Å². The lowest BCUT2D eigenvalue weighted by Gasteiger charge is -2.19. The summed E-state index contributed by atoms with van der Waals surface area (Å²) in [5.74, 6) is 1.61. The molecule has 16 heavy (non-hydrogen) atoms. The second-order valence-corrected chi connectivity index (χ2v) is 5.44. The third-order valence-corrected chi connectivity index (χ3v) is 4.39. The second kappa shape index (κ2) is 3.10. The monoisotopic (exact) mass is 208 g/mol. The Morgan fingerprint density at radius 3 is 2.62 bits per heavy atom. The summed E-state index contributed by atoms with van der Waals surface area (Å²) in [5, 5.41) is 0. The molecule has 0 N–H and O–H groups in total. The molecule has 0 heteroatoms. The lowest BCUT2D eigenvalue weighted by Crippen LogP contribution is -2.07. The Morgan fingerprint density at radius 1 is 1.06 bits per heavy atom. The molecular weight excluding hydrogens is 192 g/mol. The fraction of sp³-hybridized carbons (Fsp3) is 0.375. The maximum atomic E-state index is 2.44. The van der Waals surface area contributed by atoms with Crippen molar-refractivity contribution in [2.75, 3.05) is 0 Å². The van der Waals surface area contributed by atoms with Crippen LogP contribution in [0.5, 0.6) is 0 Å². The summed E-state index contributed by atoms with van der Waals surface area (Å²) in [7, 11) is 0. The van der Waals surface area contributed by atoms with E-state index in [4.69, 9.17) is 0 Å². The molecule has 0 amide bonds. The van der Waals surface area contributed by atoms with Gasteiger partial charge in [-0.1, -0.05) is 42.0 Å². The summed E-state index contributed by atoms with van der Waals surface area (Å²) in [6.07, 6.45) is 12.5. The number of allylic oxidation sites excluding steroid dienone is 3. The highest BCUT2D eigenvalue weighted by molar-refractivity contribution is 5.58. The van der Waals surface area contributed by atoms with E-state index in [9.17, 15) is 0 Å². The first-order chi connectivity index (χ1) is 7.88. The van der Waals surface area contributed by atoms with Gasteiger partial charge in [-0.05, 0) is 54.2 Å². The molecule has 0 saturated heterocycles. The quantitative estimate of drug-likeness (QED) is 0.616. The normalized spacial score (nSPS) is 31.9. The first kappa shape index (κ1) is 8.81. The predicted octanol–water partition coefficient (Wildman–Crippen LogP) is 3.76. The molecule has 2 atom stereocenters. The van der Waals surface area contributed by atoms with Crippen LogP contribution in [-0.4, -0.2) is 0 Å². The Bertz CT molecular complexity index is 505. The SMILES string of the molecule is C1=CC2CC1C/C2=C\c1ccc2c(c1)CC2. The van der Waals surface area contributed by atoms with Crippen molar-refractivity contribution >= 4 is 6.08 Å². The zero-order chi connectivity index (χ0) is 10.5. The van der Waals surface area contributed by atoms with Gasteiger partial charge in [-0.3, -0.25) is 0 Å². The summed E-state index contributed by atoms with van der Waals surface area (Å²) in [4.78, 5) is 0. The van der Waals surface area contributed by atoms with Crippen LogP contribution >= 0.6 is 0 Å². The summed E-state index contributed by atoms with van der Waals surface area (Å²) in [6, 6.07) is 7.00. The molecule has 0 aromatic heterocycles. The average Bonchev–Trinajstić information content (AvgIpc) is 2.84. The van der Waals surface area contributed by atoms with Gasteiger partial charge in [-0.2, -0.15) is 0 Å². The molecule has 3 aliphatic carbocycles. The zero-order valence-corrected chi connectivity index (χ0v) is 9.45. The first-order valence-corrected chi connectivity index (χ1v) is 6.39. The van der Waals surface area contributed by atoms with Crippen LogP contribution in [-0.2, 0) is 12.8 Å². The van der Waals surface area contributed by atoms with Gasteiger partial charge in [0.05, 0.1) is 0 Å². The Morgan fingerprint density at radius 2 is 2.00 bits per heavy atom. The minimum Gasteiger partial charge on any atom is -0.0845 e. The van der Waals surface area contributed by atoms with Crippen LogP contribution in [0, 0.1) is 11.8 Å². The number of hydrogen-bond acceptors (Lipinski definition) is 0. The van der Waals surface area contributed by atoms with Crippen molar-refractivity contribution < 1.29 is 0 Å². The average molecular weight is 208 g/mol. The fourth-order valence-corrected chi connectivity index (χ4v) is 3.34. The molecule has 1 fully saturated rings. The summed E-state index contributed by atoms with van der Waals surface area (Å²) < 4.78 is 0. The van der Waals surface area contributed by atoms with E-state index in [1.165, 1.54) is 31.2 Å². The van der Waals surface area contributed by atoms with Crippen LogP contribution in [0.2, 0.25) is 0 Å². The van der Waals surface area contributed by atoms with Crippen LogP contribution in [0.25, 0.3) is 6.08 Å². The van der Waals surface area contributed by atoms with E-state index in [0.29, 0.717) is 0 Å². The third kappa shape index (κ3) is 1.22. The lowest BCUT2D eigenvalue weighted by molar-refractivity contribution is 0.693. The first-order valence-electron chi connectivity index (χ1n) is 6.39. The minimum atomic E-state index is 0.760. The van der Waals surface area contributed by atoms with E-state index in [1.54, 1.807) is 16.7 Å². The molecule has 1 aromatic carbocycles. The standard InChI is InChI=1S/C16H16/c1-3-13-5-6-14(13)7-11(1)9-16-10-12-2-4-15(16)8-12/h1-4,7,9,12,15H,5-6,8,10H2/b16-9+. The molecule has 0 heterocycles. The van der Waals surface area contributed by atoms with Crippen LogP contribution in [0.4, 0.5) is 0 Å². The molecule has 0 aliphatic heterocycles. The topological polar surface area (TPSA) is 0 Å². The molecule has 4 rings (SSSR count). The highest BCUT2D eigenvalue weighted by Crippen LogP contribution is 2.43. The maximum Gasteiger partial charge on any atom is -0.00139 e. The minimum absolute atomic E-state index is 0.760. The Balaban J connectivity index is 1.68. The zero-order valence-electron chi connectivity index (χ0n) is 9.45. The van der Waals surface area contributed by atoms with Gasteiger partial charge in [0.15, 0.2) is 0 Å². The largest absolute Gasteiger partial charge is 0.0845 e. The van der Waals surface area contributed by atoms with E-state index in [0.717, 1.165) is 11.8 Å². The van der Waals surface area contributed by atoms with E-state index in [1.807, 2.05) is 0 Å². The van der Waals surface area contributed by atoms with Gasteiger partial charge in [0.2, 0.25) is 0 Å². The molecular formula is C16H16. The number of rotatable bonds is 1. The van der Waals surface area contributed by atoms with E-state index >= 15 is 0 Å². The predicted molar refractivity (Wildman–Crippen MR) is 67.2 cm³/mol. The molecule has 0 radical (unpaired) electrons. The van der Waals surface area contributed by atoms with Gasteiger partial charge in [0.1, 0.15) is 0 Å². The van der Waals surface area contributed by atoms with Crippen molar-refractivity contribution in [2.45, 2.75) is 25.7 Å². The van der Waals surface area contributed by atoms with Crippen molar-refractivity contribution in [1.29, 1.82) is 0 Å². The van der Waals surface area contributed by atoms with Crippen molar-refractivity contribution in [3.8, 4) is 0 Å². The molecule has 2 bridgehead atoms. The lowest BCUT2D eigenvalue weighted by atomic mass is 9.86. The molecule has 0 nitrogen and oxygen atoms in total. The van der Waals surface area contributed by atoms with E-state index < -0.39 is 0 Å². The summed E-state index contributed by atoms with van der Waals surface area (Å²) in [5.41, 5.74) is 6.23. The van der Waals surface area contributed by atoms with E-state index in [-0.39, 0.29) is 0 Å². The number of hydrogen-bond donors (Lipinski definition) is 0. The van der Waals surface area contributed by atoms with Crippen LogP contribution in [0.3, 0.4) is 0 Å². The Labute approximate surface area is 96.7 Å². The van der Waals surface area contributed by atoms with Gasteiger partial charge in [-0.25, -0.2) is 0 Å². The fourth-order valence-electron chi connectivity index (χ4n) is 3.34. The molecule has 1 saturated carbocycles. The number of fused-ring (bicyclic) bond motifs is 3. The Hall–Kier alpha value is -1.30. The summed E-state index contributed by atoms with van der Waals surface area (Å²) in [6.45, 7) is 0. The number of benzene rings is 1. The second-order valence-electron chi connectivity index (χ2n) is 5.44. The molecule has 0 spiro atoms. The molecule has 1 aromatic rings. The van der Waals surface area contributed by atoms with E-state index in [2.05, 4.69) is 36.4 Å². The van der Waals surface area contributed by atoms with Gasteiger partial charge in [0.25, 0.3) is 0 Å². The smallest absolute Gasteiger partial charge is 0.00139 e. The molecule has 3 aliphatic rings. The number of aryl methyl sites for hydroxylation is 2. The van der Waals surface area contributed by atoms with Crippen LogP contribution < -0.4 is 0 Å². The third-order valence-electron chi connectivity index (χ3n) is 4.39. The van der Waals surface area contributed by atoms with Gasteiger partial charge in [0, 0.05) is 0 Å². The molecule has 2 unspecified atom stereocenters. The highest BCUT2D eigenvalue weighted by atomic mass is 14.3. The van der Waals surface area contributed by atoms with Gasteiger partial charge in [-0.15, -0.1) is 0 Å². The van der Waals surface area contributed by atoms with Crippen LogP contribution in [0.1, 0.15) is 29.5 Å². The van der Waals surface area contributed by atoms with Crippen molar-refractivity contribution in [3.63, 3.8) is 0 Å². The highest BCUT2D eigenvalue weighted by Gasteiger charge is 2.30. The van der Waals surface area contributed by atoms with Crippen molar-refractivity contribution in [1.82, 2.24) is 0 Å².